The average molecular weight is 421 g/mol. The lowest BCUT2D eigenvalue weighted by molar-refractivity contribution is -0.116. The predicted molar refractivity (Wildman–Crippen MR) is 116 cm³/mol. The highest BCUT2D eigenvalue weighted by molar-refractivity contribution is 5.91. The molecule has 2 heterocycles. The Morgan fingerprint density at radius 3 is 2.71 bits per heavy atom. The van der Waals surface area contributed by atoms with Gasteiger partial charge in [-0.3, -0.25) is 9.59 Å². The molecule has 1 N–H and O–H groups in total. The molecule has 1 aliphatic rings. The minimum absolute atomic E-state index is 0.144. The molecule has 0 fully saturated rings. The molecule has 1 aliphatic heterocycles. The van der Waals surface area contributed by atoms with E-state index in [1.165, 1.54) is 10.7 Å². The molecule has 0 atom stereocenters. The minimum Gasteiger partial charge on any atom is -0.494 e. The van der Waals surface area contributed by atoms with Crippen molar-refractivity contribution in [3.63, 3.8) is 0 Å². The molecule has 4 rings (SSSR count). The predicted octanol–water partition coefficient (Wildman–Crippen LogP) is 3.46. The van der Waals surface area contributed by atoms with E-state index in [4.69, 9.17) is 14.2 Å². The number of carbonyl (C=O) groups excluding carboxylic acids is 1. The monoisotopic (exact) mass is 421 g/mol. The lowest BCUT2D eigenvalue weighted by Gasteiger charge is -2.09. The first kappa shape index (κ1) is 20.5. The lowest BCUT2D eigenvalue weighted by atomic mass is 10.1. The zero-order valence-electron chi connectivity index (χ0n) is 17.2. The fourth-order valence-electron chi connectivity index (χ4n) is 3.24. The Morgan fingerprint density at radius 1 is 1.10 bits per heavy atom. The average Bonchev–Trinajstić information content (AvgIpc) is 3.24. The van der Waals surface area contributed by atoms with Gasteiger partial charge in [0.05, 0.1) is 12.3 Å². The van der Waals surface area contributed by atoms with Gasteiger partial charge in [0.15, 0.2) is 11.5 Å². The van der Waals surface area contributed by atoms with Crippen LogP contribution in [0.1, 0.15) is 19.8 Å². The van der Waals surface area contributed by atoms with Crippen molar-refractivity contribution in [3.05, 3.63) is 65.0 Å². The number of rotatable bonds is 8. The number of anilines is 1. The van der Waals surface area contributed by atoms with E-state index in [1.807, 2.05) is 31.2 Å². The van der Waals surface area contributed by atoms with Gasteiger partial charge in [-0.25, -0.2) is 4.68 Å². The number of nitrogens with zero attached hydrogens (tertiary/aromatic N) is 2. The van der Waals surface area contributed by atoms with Crippen LogP contribution in [0.5, 0.6) is 17.2 Å². The highest BCUT2D eigenvalue weighted by atomic mass is 16.7. The van der Waals surface area contributed by atoms with Crippen LogP contribution in [-0.2, 0) is 11.3 Å². The summed E-state index contributed by atoms with van der Waals surface area (Å²) < 4.78 is 17.4. The summed E-state index contributed by atoms with van der Waals surface area (Å²) in [4.78, 5) is 24.4. The standard InChI is InChI=1S/C23H23N3O5/c1-2-29-18-8-5-16(6-9-18)19-10-12-23(28)26(25-19)13-3-4-22(27)24-17-7-11-20-21(14-17)31-15-30-20/h5-12,14H,2-4,13,15H2,1H3,(H,24,27). The van der Waals surface area contributed by atoms with E-state index in [9.17, 15) is 9.59 Å². The van der Waals surface area contributed by atoms with Gasteiger partial charge in [0.2, 0.25) is 12.7 Å². The van der Waals surface area contributed by atoms with E-state index in [0.717, 1.165) is 11.3 Å². The minimum atomic E-state index is -0.203. The molecule has 160 valence electrons. The number of amides is 1. The van der Waals surface area contributed by atoms with Crippen LogP contribution in [0.15, 0.2) is 59.4 Å². The molecule has 8 heteroatoms. The second-order valence-corrected chi connectivity index (χ2v) is 6.96. The summed E-state index contributed by atoms with van der Waals surface area (Å²) in [5.41, 5.74) is 2.01. The summed E-state index contributed by atoms with van der Waals surface area (Å²) in [5, 5.41) is 7.27. The highest BCUT2D eigenvalue weighted by Crippen LogP contribution is 2.34. The number of carbonyl (C=O) groups is 1. The van der Waals surface area contributed by atoms with Crippen molar-refractivity contribution in [2.45, 2.75) is 26.3 Å². The first-order valence-corrected chi connectivity index (χ1v) is 10.1. The molecule has 8 nitrogen and oxygen atoms in total. The second-order valence-electron chi connectivity index (χ2n) is 6.96. The Morgan fingerprint density at radius 2 is 1.90 bits per heavy atom. The van der Waals surface area contributed by atoms with E-state index in [2.05, 4.69) is 10.4 Å². The van der Waals surface area contributed by atoms with Gasteiger partial charge >= 0.3 is 0 Å². The molecule has 0 spiro atoms. The van der Waals surface area contributed by atoms with Crippen molar-refractivity contribution in [2.24, 2.45) is 0 Å². The Labute approximate surface area is 179 Å². The van der Waals surface area contributed by atoms with E-state index >= 15 is 0 Å². The van der Waals surface area contributed by atoms with E-state index in [0.29, 0.717) is 42.5 Å². The number of fused-ring (bicyclic) bond motifs is 1. The molecule has 31 heavy (non-hydrogen) atoms. The number of aryl methyl sites for hydroxylation is 1. The Hall–Kier alpha value is -3.81. The normalized spacial score (nSPS) is 11.9. The maximum atomic E-state index is 12.3. The number of aromatic nitrogens is 2. The maximum absolute atomic E-state index is 12.3. The van der Waals surface area contributed by atoms with E-state index in [1.54, 1.807) is 24.3 Å². The van der Waals surface area contributed by atoms with Gasteiger partial charge in [-0.15, -0.1) is 0 Å². The van der Waals surface area contributed by atoms with Crippen molar-refractivity contribution in [1.29, 1.82) is 0 Å². The number of hydrogen-bond acceptors (Lipinski definition) is 6. The Balaban J connectivity index is 1.34. The largest absolute Gasteiger partial charge is 0.494 e. The van der Waals surface area contributed by atoms with Gasteiger partial charge in [-0.2, -0.15) is 5.10 Å². The Kier molecular flexibility index (Phi) is 6.16. The molecule has 3 aromatic rings. The number of benzene rings is 2. The quantitative estimate of drug-likeness (QED) is 0.599. The van der Waals surface area contributed by atoms with E-state index < -0.39 is 0 Å². The van der Waals surface area contributed by atoms with Crippen LogP contribution in [-0.4, -0.2) is 29.1 Å². The number of ether oxygens (including phenoxy) is 3. The van der Waals surface area contributed by atoms with Crippen LogP contribution in [0.25, 0.3) is 11.3 Å². The third-order valence-corrected chi connectivity index (χ3v) is 4.76. The number of hydrogen-bond donors (Lipinski definition) is 1. The van der Waals surface area contributed by atoms with Gasteiger partial charge in [-0.05, 0) is 55.8 Å². The third-order valence-electron chi connectivity index (χ3n) is 4.76. The maximum Gasteiger partial charge on any atom is 0.266 e. The molecular weight excluding hydrogens is 398 g/mol. The molecule has 0 unspecified atom stereocenters. The fourth-order valence-corrected chi connectivity index (χ4v) is 3.24. The highest BCUT2D eigenvalue weighted by Gasteiger charge is 2.14. The molecule has 0 saturated heterocycles. The molecule has 1 aromatic heterocycles. The molecule has 0 saturated carbocycles. The molecule has 0 aliphatic carbocycles. The van der Waals surface area contributed by atoms with Gasteiger partial charge in [0.25, 0.3) is 5.56 Å². The third kappa shape index (κ3) is 5.03. The van der Waals surface area contributed by atoms with Gasteiger partial charge in [0, 0.05) is 36.3 Å². The summed E-state index contributed by atoms with van der Waals surface area (Å²) in [7, 11) is 0. The van der Waals surface area contributed by atoms with E-state index in [-0.39, 0.29) is 24.7 Å². The van der Waals surface area contributed by atoms with Crippen molar-refractivity contribution in [3.8, 4) is 28.5 Å². The lowest BCUT2D eigenvalue weighted by Crippen LogP contribution is -2.23. The molecule has 0 bridgehead atoms. The van der Waals surface area contributed by atoms with Crippen LogP contribution < -0.4 is 25.1 Å². The van der Waals surface area contributed by atoms with Crippen molar-refractivity contribution in [1.82, 2.24) is 9.78 Å². The topological polar surface area (TPSA) is 91.7 Å². The summed E-state index contributed by atoms with van der Waals surface area (Å²) in [6.45, 7) is 3.06. The fraction of sp³-hybridized carbons (Fsp3) is 0.261. The van der Waals surface area contributed by atoms with Gasteiger partial charge in [0.1, 0.15) is 5.75 Å². The zero-order valence-corrected chi connectivity index (χ0v) is 17.2. The van der Waals surface area contributed by atoms with Crippen LogP contribution in [0.4, 0.5) is 5.69 Å². The first-order valence-electron chi connectivity index (χ1n) is 10.1. The molecule has 1 amide bonds. The summed E-state index contributed by atoms with van der Waals surface area (Å²) in [6.07, 6.45) is 0.742. The summed E-state index contributed by atoms with van der Waals surface area (Å²) in [6, 6.07) is 16.0. The van der Waals surface area contributed by atoms with Crippen LogP contribution in [0, 0.1) is 0 Å². The SMILES string of the molecule is CCOc1ccc(-c2ccc(=O)n(CCCC(=O)Nc3ccc4c(c3)OCO4)n2)cc1. The number of nitrogens with one attached hydrogen (secondary N) is 1. The summed E-state index contributed by atoms with van der Waals surface area (Å²) >= 11 is 0. The second kappa shape index (κ2) is 9.34. The first-order chi connectivity index (χ1) is 15.1. The van der Waals surface area contributed by atoms with Crippen molar-refractivity contribution < 1.29 is 19.0 Å². The smallest absolute Gasteiger partial charge is 0.266 e. The van der Waals surface area contributed by atoms with Crippen molar-refractivity contribution in [2.75, 3.05) is 18.7 Å². The van der Waals surface area contributed by atoms with Crippen molar-refractivity contribution >= 4 is 11.6 Å². The van der Waals surface area contributed by atoms with Crippen LogP contribution in [0.2, 0.25) is 0 Å². The summed E-state index contributed by atoms with van der Waals surface area (Å²) in [5.74, 6) is 1.91. The van der Waals surface area contributed by atoms with Crippen LogP contribution in [0.3, 0.4) is 0 Å². The Bertz CT molecular complexity index is 1120. The molecular formula is C23H23N3O5. The van der Waals surface area contributed by atoms with Gasteiger partial charge in [-0.1, -0.05) is 0 Å². The molecule has 2 aromatic carbocycles. The van der Waals surface area contributed by atoms with Gasteiger partial charge < -0.3 is 19.5 Å². The molecule has 0 radical (unpaired) electrons. The zero-order chi connectivity index (χ0) is 21.6. The van der Waals surface area contributed by atoms with Crippen LogP contribution >= 0.6 is 0 Å².